The van der Waals surface area contributed by atoms with Gasteiger partial charge in [-0.3, -0.25) is 9.55 Å². The van der Waals surface area contributed by atoms with Crippen LogP contribution in [0.4, 0.5) is 0 Å². The number of aromatic nitrogens is 1. The maximum atomic E-state index is 11.0. The standard InChI is InChI=1S/C10H12N2O3S2/c1-3-12-8-5-4-7(17(13,14)15)6-9(8)16-10(12)11-2/h4-6H,3H2,1-2H3,(H,13,14,15). The van der Waals surface area contributed by atoms with Crippen molar-refractivity contribution in [1.82, 2.24) is 4.57 Å². The molecule has 1 N–H and O–H groups in total. The molecule has 7 heteroatoms. The van der Waals surface area contributed by atoms with Gasteiger partial charge in [-0.2, -0.15) is 8.42 Å². The molecule has 0 saturated carbocycles. The van der Waals surface area contributed by atoms with Gasteiger partial charge in [0.25, 0.3) is 10.1 Å². The van der Waals surface area contributed by atoms with Gasteiger partial charge in [-0.1, -0.05) is 11.3 Å². The quantitative estimate of drug-likeness (QED) is 0.842. The molecule has 1 aromatic heterocycles. The molecule has 2 rings (SSSR count). The minimum Gasteiger partial charge on any atom is -0.317 e. The van der Waals surface area contributed by atoms with Crippen molar-refractivity contribution in [1.29, 1.82) is 0 Å². The van der Waals surface area contributed by atoms with Crippen molar-refractivity contribution < 1.29 is 13.0 Å². The van der Waals surface area contributed by atoms with E-state index in [1.54, 1.807) is 13.1 Å². The Morgan fingerprint density at radius 1 is 1.47 bits per heavy atom. The highest BCUT2D eigenvalue weighted by atomic mass is 32.2. The van der Waals surface area contributed by atoms with Crippen LogP contribution in [-0.4, -0.2) is 24.6 Å². The lowest BCUT2D eigenvalue weighted by Gasteiger charge is -2.00. The molecule has 1 aromatic carbocycles. The zero-order valence-corrected chi connectivity index (χ0v) is 11.0. The Morgan fingerprint density at radius 2 is 2.18 bits per heavy atom. The van der Waals surface area contributed by atoms with E-state index in [9.17, 15) is 8.42 Å². The molecule has 0 unspecified atom stereocenters. The molecule has 0 fully saturated rings. The third-order valence-corrected chi connectivity index (χ3v) is 4.44. The second-order valence-corrected chi connectivity index (χ2v) is 5.89. The van der Waals surface area contributed by atoms with Gasteiger partial charge in [0.1, 0.15) is 0 Å². The summed E-state index contributed by atoms with van der Waals surface area (Å²) in [4.78, 5) is 4.88. The summed E-state index contributed by atoms with van der Waals surface area (Å²) in [6, 6.07) is 4.55. The minimum atomic E-state index is -4.14. The number of hydrogen-bond acceptors (Lipinski definition) is 4. The monoisotopic (exact) mass is 272 g/mol. The van der Waals surface area contributed by atoms with Crippen LogP contribution in [0.15, 0.2) is 28.1 Å². The molecule has 0 atom stereocenters. The SMILES string of the molecule is CCn1c(=NC)sc2cc(S(=O)(=O)O)ccc21. The van der Waals surface area contributed by atoms with E-state index in [2.05, 4.69) is 4.99 Å². The Hall–Kier alpha value is -1.18. The number of fused-ring (bicyclic) bond motifs is 1. The van der Waals surface area contributed by atoms with Gasteiger partial charge in [-0.25, -0.2) is 0 Å². The van der Waals surface area contributed by atoms with Crippen LogP contribution in [0.2, 0.25) is 0 Å². The van der Waals surface area contributed by atoms with E-state index in [4.69, 9.17) is 4.55 Å². The van der Waals surface area contributed by atoms with Gasteiger partial charge in [0.15, 0.2) is 4.80 Å². The number of nitrogens with zero attached hydrogens (tertiary/aromatic N) is 2. The summed E-state index contributed by atoms with van der Waals surface area (Å²) in [7, 11) is -2.45. The molecule has 0 saturated heterocycles. The van der Waals surface area contributed by atoms with E-state index in [-0.39, 0.29) is 4.90 Å². The zero-order valence-electron chi connectivity index (χ0n) is 9.41. The number of rotatable bonds is 2. The minimum absolute atomic E-state index is 0.0860. The molecule has 92 valence electrons. The van der Waals surface area contributed by atoms with Crippen molar-refractivity contribution in [3.05, 3.63) is 23.0 Å². The molecule has 17 heavy (non-hydrogen) atoms. The second kappa shape index (κ2) is 4.25. The molecular weight excluding hydrogens is 260 g/mol. The number of benzene rings is 1. The number of thiazole rings is 1. The predicted octanol–water partition coefficient (Wildman–Crippen LogP) is 1.50. The van der Waals surface area contributed by atoms with Gasteiger partial charge in [0.05, 0.1) is 15.1 Å². The normalized spacial score (nSPS) is 13.5. The van der Waals surface area contributed by atoms with E-state index >= 15 is 0 Å². The summed E-state index contributed by atoms with van der Waals surface area (Å²) < 4.78 is 33.8. The second-order valence-electron chi connectivity index (χ2n) is 3.46. The third kappa shape index (κ3) is 2.13. The fourth-order valence-electron chi connectivity index (χ4n) is 1.69. The van der Waals surface area contributed by atoms with Crippen molar-refractivity contribution in [3.63, 3.8) is 0 Å². The molecule has 1 heterocycles. The highest BCUT2D eigenvalue weighted by Gasteiger charge is 2.12. The van der Waals surface area contributed by atoms with Crippen LogP contribution in [0.3, 0.4) is 0 Å². The Labute approximate surface area is 103 Å². The van der Waals surface area contributed by atoms with Crippen molar-refractivity contribution in [2.24, 2.45) is 4.99 Å². The molecule has 0 aliphatic carbocycles. The molecular formula is C10H12N2O3S2. The first-order chi connectivity index (χ1) is 7.97. The Kier molecular flexibility index (Phi) is 3.07. The van der Waals surface area contributed by atoms with Gasteiger partial charge in [-0.15, -0.1) is 0 Å². The van der Waals surface area contributed by atoms with Gasteiger partial charge in [0.2, 0.25) is 0 Å². The first kappa shape index (κ1) is 12.3. The van der Waals surface area contributed by atoms with Gasteiger partial charge >= 0.3 is 0 Å². The summed E-state index contributed by atoms with van der Waals surface area (Å²) in [6.07, 6.45) is 0. The van der Waals surface area contributed by atoms with E-state index in [1.165, 1.54) is 23.5 Å². The summed E-state index contributed by atoms with van der Waals surface area (Å²) in [5, 5.41) is 0. The Morgan fingerprint density at radius 3 is 2.71 bits per heavy atom. The largest absolute Gasteiger partial charge is 0.317 e. The zero-order chi connectivity index (χ0) is 12.6. The number of hydrogen-bond donors (Lipinski definition) is 1. The molecule has 0 bridgehead atoms. The summed E-state index contributed by atoms with van der Waals surface area (Å²) in [5.41, 5.74) is 0.922. The summed E-state index contributed by atoms with van der Waals surface area (Å²) in [5.74, 6) is 0. The van der Waals surface area contributed by atoms with Gasteiger partial charge in [0, 0.05) is 13.6 Å². The first-order valence-corrected chi connectivity index (χ1v) is 7.26. The average Bonchev–Trinajstić information content (AvgIpc) is 2.64. The lowest BCUT2D eigenvalue weighted by atomic mass is 10.3. The van der Waals surface area contributed by atoms with Crippen LogP contribution in [-0.2, 0) is 16.7 Å². The first-order valence-electron chi connectivity index (χ1n) is 5.01. The Balaban J connectivity index is 2.82. The van der Waals surface area contributed by atoms with E-state index < -0.39 is 10.1 Å². The molecule has 0 aliphatic rings. The molecule has 2 aromatic rings. The smallest absolute Gasteiger partial charge is 0.294 e. The maximum absolute atomic E-state index is 11.0. The third-order valence-electron chi connectivity index (χ3n) is 2.46. The van der Waals surface area contributed by atoms with E-state index in [1.807, 2.05) is 11.5 Å². The van der Waals surface area contributed by atoms with Crippen LogP contribution < -0.4 is 4.80 Å². The summed E-state index contributed by atoms with van der Waals surface area (Å²) >= 11 is 1.40. The molecule has 0 aliphatic heterocycles. The molecule has 0 radical (unpaired) electrons. The van der Waals surface area contributed by atoms with Crippen LogP contribution in [0.1, 0.15) is 6.92 Å². The molecule has 0 spiro atoms. The van der Waals surface area contributed by atoms with Crippen molar-refractivity contribution in [3.8, 4) is 0 Å². The van der Waals surface area contributed by atoms with Gasteiger partial charge in [-0.05, 0) is 25.1 Å². The lowest BCUT2D eigenvalue weighted by molar-refractivity contribution is 0.483. The van der Waals surface area contributed by atoms with E-state index in [0.717, 1.165) is 21.6 Å². The van der Waals surface area contributed by atoms with Crippen LogP contribution in [0, 0.1) is 0 Å². The maximum Gasteiger partial charge on any atom is 0.294 e. The molecule has 0 amide bonds. The molecule has 5 nitrogen and oxygen atoms in total. The van der Waals surface area contributed by atoms with E-state index in [0.29, 0.717) is 0 Å². The highest BCUT2D eigenvalue weighted by Crippen LogP contribution is 2.21. The van der Waals surface area contributed by atoms with Crippen molar-refractivity contribution in [2.75, 3.05) is 7.05 Å². The Bertz CT molecular complexity index is 726. The highest BCUT2D eigenvalue weighted by molar-refractivity contribution is 7.85. The van der Waals surface area contributed by atoms with Crippen LogP contribution in [0.25, 0.3) is 10.2 Å². The predicted molar refractivity (Wildman–Crippen MR) is 66.8 cm³/mol. The van der Waals surface area contributed by atoms with Crippen LogP contribution >= 0.6 is 11.3 Å². The number of aryl methyl sites for hydroxylation is 1. The fraction of sp³-hybridized carbons (Fsp3) is 0.300. The lowest BCUT2D eigenvalue weighted by Crippen LogP contribution is -2.12. The van der Waals surface area contributed by atoms with Gasteiger partial charge < -0.3 is 4.57 Å². The average molecular weight is 272 g/mol. The fourth-order valence-corrected chi connectivity index (χ4v) is 3.36. The summed E-state index contributed by atoms with van der Waals surface area (Å²) in [6.45, 7) is 2.76. The van der Waals surface area contributed by atoms with Crippen molar-refractivity contribution >= 4 is 31.7 Å². The van der Waals surface area contributed by atoms with Crippen LogP contribution in [0.5, 0.6) is 0 Å². The topological polar surface area (TPSA) is 71.7 Å². The van der Waals surface area contributed by atoms with Crippen molar-refractivity contribution in [2.45, 2.75) is 18.4 Å².